The van der Waals surface area contributed by atoms with Crippen molar-refractivity contribution in [3.63, 3.8) is 0 Å². The van der Waals surface area contributed by atoms with Crippen molar-refractivity contribution in [3.8, 4) is 0 Å². The molecule has 0 radical (unpaired) electrons. The van der Waals surface area contributed by atoms with E-state index < -0.39 is 0 Å². The van der Waals surface area contributed by atoms with Crippen molar-refractivity contribution in [2.75, 3.05) is 20.2 Å². The number of likely N-dealkylation sites (N-methyl/N-ethyl adjacent to an activating group) is 1. The highest BCUT2D eigenvalue weighted by molar-refractivity contribution is 5.32. The Morgan fingerprint density at radius 3 is 2.32 bits per heavy atom. The first-order chi connectivity index (χ1) is 10.2. The highest BCUT2D eigenvalue weighted by Gasteiger charge is 2.62. The maximum absolute atomic E-state index is 6.68. The van der Waals surface area contributed by atoms with E-state index in [0.29, 0.717) is 5.92 Å². The summed E-state index contributed by atoms with van der Waals surface area (Å²) in [5.74, 6) is 0.539. The number of morpholine rings is 1. The molecule has 3 atom stereocenters. The third-order valence-corrected chi connectivity index (χ3v) is 6.06. The molecule has 1 fully saturated rings. The molecule has 0 N–H and O–H groups in total. The molecule has 1 aromatic rings. The van der Waals surface area contributed by atoms with Crippen molar-refractivity contribution in [2.24, 2.45) is 11.3 Å². The van der Waals surface area contributed by atoms with Gasteiger partial charge in [0.15, 0.2) is 0 Å². The molecule has 2 rings (SSSR count). The molecule has 1 aliphatic rings. The van der Waals surface area contributed by atoms with Crippen LogP contribution in [0.1, 0.15) is 53.5 Å². The van der Waals surface area contributed by atoms with Crippen molar-refractivity contribution in [1.82, 2.24) is 4.90 Å². The smallest absolute Gasteiger partial charge is 0.116 e. The Kier molecular flexibility index (Phi) is 4.75. The first-order valence-electron chi connectivity index (χ1n) is 8.62. The van der Waals surface area contributed by atoms with Crippen molar-refractivity contribution in [2.45, 2.75) is 59.1 Å². The monoisotopic (exact) mass is 303 g/mol. The normalized spacial score (nSPS) is 32.0. The number of rotatable bonds is 3. The summed E-state index contributed by atoms with van der Waals surface area (Å²) in [4.78, 5) is 2.53. The van der Waals surface area contributed by atoms with Gasteiger partial charge in [0.2, 0.25) is 0 Å². The van der Waals surface area contributed by atoms with Gasteiger partial charge in [-0.2, -0.15) is 0 Å². The van der Waals surface area contributed by atoms with Crippen LogP contribution in [0.2, 0.25) is 0 Å². The molecule has 1 heterocycles. The zero-order valence-corrected chi connectivity index (χ0v) is 15.4. The minimum Gasteiger partial charge on any atom is -0.366 e. The lowest BCUT2D eigenvalue weighted by atomic mass is 9.56. The average molecular weight is 303 g/mol. The lowest BCUT2D eigenvalue weighted by Gasteiger charge is -2.64. The van der Waals surface area contributed by atoms with E-state index in [2.05, 4.69) is 83.8 Å². The molecule has 1 aromatic carbocycles. The highest BCUT2D eigenvalue weighted by Crippen LogP contribution is 2.56. The molecule has 2 nitrogen and oxygen atoms in total. The third kappa shape index (κ3) is 2.32. The summed E-state index contributed by atoms with van der Waals surface area (Å²) in [5, 5.41) is 0. The van der Waals surface area contributed by atoms with E-state index in [9.17, 15) is 0 Å². The van der Waals surface area contributed by atoms with Crippen molar-refractivity contribution in [1.29, 1.82) is 0 Å². The van der Waals surface area contributed by atoms with Crippen LogP contribution in [0.25, 0.3) is 0 Å². The van der Waals surface area contributed by atoms with Gasteiger partial charge in [0.1, 0.15) is 5.60 Å². The molecule has 0 saturated carbocycles. The van der Waals surface area contributed by atoms with Crippen molar-refractivity contribution in [3.05, 3.63) is 35.9 Å². The minimum absolute atomic E-state index is 0.00120. The zero-order valence-electron chi connectivity index (χ0n) is 15.4. The van der Waals surface area contributed by atoms with Gasteiger partial charge < -0.3 is 4.74 Å². The Morgan fingerprint density at radius 1 is 1.23 bits per heavy atom. The molecule has 1 aliphatic heterocycles. The van der Waals surface area contributed by atoms with Gasteiger partial charge in [0.25, 0.3) is 0 Å². The molecule has 22 heavy (non-hydrogen) atoms. The molecule has 0 aliphatic carbocycles. The number of hydrogen-bond donors (Lipinski definition) is 0. The summed E-state index contributed by atoms with van der Waals surface area (Å²) in [5.41, 5.74) is 0.946. The highest BCUT2D eigenvalue weighted by atomic mass is 16.5. The molecule has 3 unspecified atom stereocenters. The fourth-order valence-corrected chi connectivity index (χ4v) is 4.56. The molecule has 2 heteroatoms. The molecular formula is C20H33NO. The van der Waals surface area contributed by atoms with Crippen LogP contribution in [0.4, 0.5) is 0 Å². The van der Waals surface area contributed by atoms with Gasteiger partial charge in [-0.15, -0.1) is 0 Å². The Balaban J connectivity index is 2.74. The maximum Gasteiger partial charge on any atom is 0.116 e. The Bertz CT molecular complexity index is 486. The summed E-state index contributed by atoms with van der Waals surface area (Å²) in [7, 11) is 2.26. The van der Waals surface area contributed by atoms with E-state index in [1.165, 1.54) is 5.56 Å². The van der Waals surface area contributed by atoms with Gasteiger partial charge in [-0.05, 0) is 30.9 Å². The van der Waals surface area contributed by atoms with E-state index >= 15 is 0 Å². The molecular weight excluding hydrogens is 270 g/mol. The van der Waals surface area contributed by atoms with E-state index in [-0.39, 0.29) is 16.6 Å². The van der Waals surface area contributed by atoms with Crippen LogP contribution in [-0.2, 0) is 10.3 Å². The lowest BCUT2D eigenvalue weighted by Crippen LogP contribution is -2.71. The second-order valence-electron chi connectivity index (χ2n) is 8.02. The standard InChI is InChI=1S/C20H33NO/c1-8-16(2)19(6)20(18(3,4)5,22-15-14-21(19)7)17-12-10-9-11-13-17/h9-13,16H,8,14-15H2,1-7H3. The SMILES string of the molecule is CCC(C)C1(C)N(C)CCOC1(c1ccccc1)C(C)(C)C. The summed E-state index contributed by atoms with van der Waals surface area (Å²) in [6.07, 6.45) is 1.15. The topological polar surface area (TPSA) is 12.5 Å². The van der Waals surface area contributed by atoms with Crippen LogP contribution in [0.3, 0.4) is 0 Å². The number of ether oxygens (including phenoxy) is 1. The van der Waals surface area contributed by atoms with Gasteiger partial charge in [0, 0.05) is 6.54 Å². The quantitative estimate of drug-likeness (QED) is 0.803. The van der Waals surface area contributed by atoms with Crippen LogP contribution < -0.4 is 0 Å². The summed E-state index contributed by atoms with van der Waals surface area (Å²) >= 11 is 0. The molecule has 0 spiro atoms. The van der Waals surface area contributed by atoms with E-state index in [4.69, 9.17) is 4.74 Å². The number of hydrogen-bond acceptors (Lipinski definition) is 2. The van der Waals surface area contributed by atoms with Crippen LogP contribution in [-0.4, -0.2) is 30.6 Å². The largest absolute Gasteiger partial charge is 0.366 e. The van der Waals surface area contributed by atoms with Crippen LogP contribution >= 0.6 is 0 Å². The second-order valence-corrected chi connectivity index (χ2v) is 8.02. The van der Waals surface area contributed by atoms with Gasteiger partial charge in [-0.25, -0.2) is 0 Å². The molecule has 0 amide bonds. The zero-order chi connectivity index (χ0) is 16.6. The first kappa shape index (κ1) is 17.5. The van der Waals surface area contributed by atoms with Crippen molar-refractivity contribution >= 4 is 0 Å². The first-order valence-corrected chi connectivity index (χ1v) is 8.62. The van der Waals surface area contributed by atoms with Gasteiger partial charge in [0.05, 0.1) is 12.1 Å². The van der Waals surface area contributed by atoms with Gasteiger partial charge in [-0.1, -0.05) is 71.4 Å². The average Bonchev–Trinajstić information content (AvgIpc) is 2.48. The van der Waals surface area contributed by atoms with Gasteiger partial charge in [-0.3, -0.25) is 4.90 Å². The fourth-order valence-electron chi connectivity index (χ4n) is 4.56. The van der Waals surface area contributed by atoms with Gasteiger partial charge >= 0.3 is 0 Å². The molecule has 124 valence electrons. The number of nitrogens with zero attached hydrogens (tertiary/aromatic N) is 1. The summed E-state index contributed by atoms with van der Waals surface area (Å²) in [6, 6.07) is 10.8. The Labute approximate surface area is 136 Å². The van der Waals surface area contributed by atoms with Crippen LogP contribution in [0, 0.1) is 11.3 Å². The minimum atomic E-state index is -0.316. The predicted octanol–water partition coefficient (Wildman–Crippen LogP) is 4.69. The van der Waals surface area contributed by atoms with Crippen molar-refractivity contribution < 1.29 is 4.74 Å². The predicted molar refractivity (Wildman–Crippen MR) is 94.0 cm³/mol. The second kappa shape index (κ2) is 5.98. The number of benzene rings is 1. The third-order valence-electron chi connectivity index (χ3n) is 6.06. The molecule has 0 bridgehead atoms. The Hall–Kier alpha value is -0.860. The van der Waals surface area contributed by atoms with E-state index in [1.54, 1.807) is 0 Å². The Morgan fingerprint density at radius 2 is 1.82 bits per heavy atom. The van der Waals surface area contributed by atoms with E-state index in [1.807, 2.05) is 0 Å². The van der Waals surface area contributed by atoms with Crippen LogP contribution in [0.15, 0.2) is 30.3 Å². The van der Waals surface area contributed by atoms with Crippen LogP contribution in [0.5, 0.6) is 0 Å². The van der Waals surface area contributed by atoms with E-state index in [0.717, 1.165) is 19.6 Å². The fraction of sp³-hybridized carbons (Fsp3) is 0.700. The molecule has 0 aromatic heterocycles. The summed E-state index contributed by atoms with van der Waals surface area (Å²) < 4.78 is 6.68. The lowest BCUT2D eigenvalue weighted by molar-refractivity contribution is -0.256. The molecule has 1 saturated heterocycles. The maximum atomic E-state index is 6.68. The summed E-state index contributed by atoms with van der Waals surface area (Å²) in [6.45, 7) is 15.8.